The van der Waals surface area contributed by atoms with E-state index in [9.17, 15) is 19.2 Å². The van der Waals surface area contributed by atoms with Gasteiger partial charge in [-0.05, 0) is 31.7 Å². The molecule has 1 aliphatic rings. The maximum Gasteiger partial charge on any atom is 0.309 e. The SMILES string of the molecule is CCOC(=O)C1CCN(C(=O)C(NC(=O)Cc2n[nH]c(=O)c3ccccc23)C(C)C)CC1. The Morgan fingerprint density at radius 3 is 2.47 bits per heavy atom. The van der Waals surface area contributed by atoms with Gasteiger partial charge in [-0.2, -0.15) is 5.10 Å². The summed E-state index contributed by atoms with van der Waals surface area (Å²) in [6, 6.07) is 6.28. The van der Waals surface area contributed by atoms with Crippen molar-refractivity contribution in [2.24, 2.45) is 11.8 Å². The summed E-state index contributed by atoms with van der Waals surface area (Å²) >= 11 is 0. The van der Waals surface area contributed by atoms with E-state index in [0.29, 0.717) is 49.0 Å². The van der Waals surface area contributed by atoms with Gasteiger partial charge in [0.1, 0.15) is 6.04 Å². The molecule has 2 N–H and O–H groups in total. The molecule has 0 aliphatic carbocycles. The predicted octanol–water partition coefficient (Wildman–Crippen LogP) is 1.41. The molecule has 1 saturated heterocycles. The molecule has 1 aromatic heterocycles. The zero-order chi connectivity index (χ0) is 23.3. The topological polar surface area (TPSA) is 121 Å². The summed E-state index contributed by atoms with van der Waals surface area (Å²) in [7, 11) is 0. The van der Waals surface area contributed by atoms with Crippen LogP contribution < -0.4 is 10.9 Å². The Labute approximate surface area is 186 Å². The number of fused-ring (bicyclic) bond motifs is 1. The highest BCUT2D eigenvalue weighted by atomic mass is 16.5. The smallest absolute Gasteiger partial charge is 0.309 e. The maximum absolute atomic E-state index is 13.1. The van der Waals surface area contributed by atoms with E-state index >= 15 is 0 Å². The van der Waals surface area contributed by atoms with Crippen molar-refractivity contribution in [3.63, 3.8) is 0 Å². The van der Waals surface area contributed by atoms with Crippen LogP contribution in [0.3, 0.4) is 0 Å². The quantitative estimate of drug-likeness (QED) is 0.626. The summed E-state index contributed by atoms with van der Waals surface area (Å²) in [4.78, 5) is 51.5. The van der Waals surface area contributed by atoms with Crippen molar-refractivity contribution in [1.82, 2.24) is 20.4 Å². The number of hydrogen-bond donors (Lipinski definition) is 2. The molecular formula is C23H30N4O5. The van der Waals surface area contributed by atoms with E-state index in [1.54, 1.807) is 36.1 Å². The van der Waals surface area contributed by atoms with Crippen LogP contribution in [0.1, 0.15) is 39.3 Å². The fraction of sp³-hybridized carbons (Fsp3) is 0.522. The van der Waals surface area contributed by atoms with Gasteiger partial charge in [0.05, 0.1) is 30.0 Å². The fourth-order valence-electron chi connectivity index (χ4n) is 3.99. The second kappa shape index (κ2) is 10.4. The first-order valence-corrected chi connectivity index (χ1v) is 11.0. The van der Waals surface area contributed by atoms with Gasteiger partial charge in [-0.25, -0.2) is 5.10 Å². The van der Waals surface area contributed by atoms with Crippen molar-refractivity contribution < 1.29 is 19.1 Å². The number of aromatic nitrogens is 2. The number of nitrogens with one attached hydrogen (secondary N) is 2. The van der Waals surface area contributed by atoms with Crippen LogP contribution in [0.25, 0.3) is 10.8 Å². The number of rotatable bonds is 7. The number of ether oxygens (including phenoxy) is 1. The van der Waals surface area contributed by atoms with Crippen LogP contribution in [0.2, 0.25) is 0 Å². The molecule has 32 heavy (non-hydrogen) atoms. The van der Waals surface area contributed by atoms with E-state index in [1.807, 2.05) is 13.8 Å². The number of carbonyl (C=O) groups is 3. The summed E-state index contributed by atoms with van der Waals surface area (Å²) in [6.07, 6.45) is 1.05. The second-order valence-corrected chi connectivity index (χ2v) is 8.36. The number of carbonyl (C=O) groups excluding carboxylic acids is 3. The number of aromatic amines is 1. The van der Waals surface area contributed by atoms with Crippen molar-refractivity contribution in [2.45, 2.75) is 46.1 Å². The third kappa shape index (κ3) is 5.33. The highest BCUT2D eigenvalue weighted by Gasteiger charge is 2.33. The minimum atomic E-state index is -0.685. The molecule has 172 valence electrons. The van der Waals surface area contributed by atoms with Crippen LogP contribution in [0.15, 0.2) is 29.1 Å². The van der Waals surface area contributed by atoms with Gasteiger partial charge in [-0.15, -0.1) is 0 Å². The summed E-state index contributed by atoms with van der Waals surface area (Å²) in [6.45, 7) is 6.78. The minimum absolute atomic E-state index is 0.0568. The molecule has 9 nitrogen and oxygen atoms in total. The molecule has 1 unspecified atom stereocenters. The normalized spacial score (nSPS) is 15.6. The number of esters is 1. The number of H-pyrrole nitrogens is 1. The molecule has 1 fully saturated rings. The van der Waals surface area contributed by atoms with Gasteiger partial charge < -0.3 is 15.0 Å². The average Bonchev–Trinajstić information content (AvgIpc) is 2.79. The summed E-state index contributed by atoms with van der Waals surface area (Å²) in [5, 5.41) is 10.4. The van der Waals surface area contributed by atoms with Gasteiger partial charge in [-0.3, -0.25) is 19.2 Å². The molecule has 2 aromatic rings. The lowest BCUT2D eigenvalue weighted by Gasteiger charge is -2.34. The summed E-state index contributed by atoms with van der Waals surface area (Å²) in [5.41, 5.74) is 0.133. The average molecular weight is 443 g/mol. The third-order valence-electron chi connectivity index (χ3n) is 5.78. The number of piperidine rings is 1. The number of benzene rings is 1. The molecule has 0 bridgehead atoms. The molecule has 1 atom stereocenters. The molecular weight excluding hydrogens is 412 g/mol. The number of likely N-dealkylation sites (tertiary alicyclic amines) is 1. The van der Waals surface area contributed by atoms with Crippen LogP contribution in [-0.2, 0) is 25.5 Å². The Morgan fingerprint density at radius 1 is 1.19 bits per heavy atom. The Hall–Kier alpha value is -3.23. The second-order valence-electron chi connectivity index (χ2n) is 8.36. The first-order chi connectivity index (χ1) is 15.3. The minimum Gasteiger partial charge on any atom is -0.466 e. The monoisotopic (exact) mass is 442 g/mol. The number of hydrogen-bond acceptors (Lipinski definition) is 6. The number of nitrogens with zero attached hydrogens (tertiary/aromatic N) is 2. The Bertz CT molecular complexity index is 1040. The van der Waals surface area contributed by atoms with Crippen LogP contribution in [0.5, 0.6) is 0 Å². The van der Waals surface area contributed by atoms with E-state index in [1.165, 1.54) is 0 Å². The van der Waals surface area contributed by atoms with Crippen LogP contribution in [-0.4, -0.2) is 58.6 Å². The standard InChI is InChI=1S/C23H30N4O5/c1-4-32-23(31)15-9-11-27(12-10-15)22(30)20(14(2)3)24-19(28)13-18-16-7-5-6-8-17(16)21(29)26-25-18/h5-8,14-15,20H,4,9-13H2,1-3H3,(H,24,28)(H,26,29). The molecule has 2 amide bonds. The molecule has 1 aliphatic heterocycles. The van der Waals surface area contributed by atoms with Gasteiger partial charge in [0.2, 0.25) is 11.8 Å². The van der Waals surface area contributed by atoms with Crippen molar-refractivity contribution in [3.05, 3.63) is 40.3 Å². The molecule has 1 aromatic carbocycles. The van der Waals surface area contributed by atoms with Gasteiger partial charge in [-0.1, -0.05) is 32.0 Å². The molecule has 0 saturated carbocycles. The van der Waals surface area contributed by atoms with Crippen LogP contribution >= 0.6 is 0 Å². The largest absolute Gasteiger partial charge is 0.466 e. The van der Waals surface area contributed by atoms with Gasteiger partial charge in [0.25, 0.3) is 5.56 Å². The zero-order valence-corrected chi connectivity index (χ0v) is 18.7. The van der Waals surface area contributed by atoms with Crippen LogP contribution in [0.4, 0.5) is 0 Å². The fourth-order valence-corrected chi connectivity index (χ4v) is 3.99. The maximum atomic E-state index is 13.1. The van der Waals surface area contributed by atoms with Gasteiger partial charge in [0.15, 0.2) is 0 Å². The van der Waals surface area contributed by atoms with Crippen LogP contribution in [0, 0.1) is 11.8 Å². The van der Waals surface area contributed by atoms with Gasteiger partial charge >= 0.3 is 5.97 Å². The van der Waals surface area contributed by atoms with E-state index in [2.05, 4.69) is 15.5 Å². The molecule has 3 rings (SSSR count). The number of amides is 2. The van der Waals surface area contributed by atoms with Crippen molar-refractivity contribution in [2.75, 3.05) is 19.7 Å². The molecule has 0 radical (unpaired) electrons. The summed E-state index contributed by atoms with van der Waals surface area (Å²) < 4.78 is 5.08. The summed E-state index contributed by atoms with van der Waals surface area (Å²) in [5.74, 6) is -1.02. The third-order valence-corrected chi connectivity index (χ3v) is 5.78. The first-order valence-electron chi connectivity index (χ1n) is 11.0. The van der Waals surface area contributed by atoms with Gasteiger partial charge in [0, 0.05) is 18.5 Å². The molecule has 0 spiro atoms. The van der Waals surface area contributed by atoms with E-state index < -0.39 is 6.04 Å². The van der Waals surface area contributed by atoms with E-state index in [-0.39, 0.29) is 41.6 Å². The Kier molecular flexibility index (Phi) is 7.61. The first kappa shape index (κ1) is 23.4. The lowest BCUT2D eigenvalue weighted by molar-refractivity contribution is -0.151. The Balaban J connectivity index is 1.65. The Morgan fingerprint density at radius 2 is 1.84 bits per heavy atom. The highest BCUT2D eigenvalue weighted by Crippen LogP contribution is 2.20. The predicted molar refractivity (Wildman–Crippen MR) is 119 cm³/mol. The zero-order valence-electron chi connectivity index (χ0n) is 18.7. The lowest BCUT2D eigenvalue weighted by atomic mass is 9.95. The van der Waals surface area contributed by atoms with Crippen molar-refractivity contribution >= 4 is 28.6 Å². The van der Waals surface area contributed by atoms with E-state index in [0.717, 1.165) is 0 Å². The van der Waals surface area contributed by atoms with E-state index in [4.69, 9.17) is 4.74 Å². The highest BCUT2D eigenvalue weighted by molar-refractivity contribution is 5.91. The molecule has 2 heterocycles. The lowest BCUT2D eigenvalue weighted by Crippen LogP contribution is -2.53. The van der Waals surface area contributed by atoms with Crippen molar-refractivity contribution in [3.8, 4) is 0 Å². The molecule has 9 heteroatoms. The van der Waals surface area contributed by atoms with Crippen molar-refractivity contribution in [1.29, 1.82) is 0 Å².